The number of pyridine rings is 1. The zero-order valence-electron chi connectivity index (χ0n) is 16.0. The second kappa shape index (κ2) is 7.82. The summed E-state index contributed by atoms with van der Waals surface area (Å²) in [7, 11) is 0. The highest BCUT2D eigenvalue weighted by molar-refractivity contribution is 5.91. The number of nitrogens with one attached hydrogen (secondary N) is 1. The highest BCUT2D eigenvalue weighted by Crippen LogP contribution is 2.33. The van der Waals surface area contributed by atoms with Crippen molar-refractivity contribution in [3.05, 3.63) is 53.7 Å². The van der Waals surface area contributed by atoms with Crippen LogP contribution >= 0.6 is 0 Å². The molecule has 144 valence electrons. The average molecular weight is 368 g/mol. The smallest absolute Gasteiger partial charge is 0.289 e. The topological polar surface area (TPSA) is 61.6 Å². The number of aryl methyl sites for hydroxylation is 1. The lowest BCUT2D eigenvalue weighted by atomic mass is 9.75. The van der Waals surface area contributed by atoms with Gasteiger partial charge in [0, 0.05) is 50.0 Å². The number of carbonyl (C=O) groups excluding carboxylic acids is 1. The molecule has 2 aromatic rings. The van der Waals surface area contributed by atoms with Gasteiger partial charge in [-0.25, -0.2) is 0 Å². The molecule has 0 spiro atoms. The second-order valence-corrected chi connectivity index (χ2v) is 7.80. The van der Waals surface area contributed by atoms with Gasteiger partial charge in [-0.1, -0.05) is 6.07 Å². The van der Waals surface area contributed by atoms with Crippen molar-refractivity contribution >= 4 is 5.91 Å². The molecule has 6 nitrogen and oxygen atoms in total. The minimum absolute atomic E-state index is 0.00330. The number of furan rings is 1. The van der Waals surface area contributed by atoms with Gasteiger partial charge >= 0.3 is 0 Å². The van der Waals surface area contributed by atoms with Gasteiger partial charge in [0.15, 0.2) is 5.76 Å². The third kappa shape index (κ3) is 3.92. The van der Waals surface area contributed by atoms with Gasteiger partial charge in [0.1, 0.15) is 0 Å². The largest absolute Gasteiger partial charge is 0.459 e. The van der Waals surface area contributed by atoms with Gasteiger partial charge in [0.25, 0.3) is 5.91 Å². The number of hydrogen-bond donors (Lipinski definition) is 1. The molecule has 2 aliphatic rings. The van der Waals surface area contributed by atoms with E-state index in [2.05, 4.69) is 29.3 Å². The quantitative estimate of drug-likeness (QED) is 0.895. The standard InChI is InChI=1S/C21H28N4O2/c1-17-4-5-19(23-15-17)21(6-8-22-9-7-21)16-24-10-12-25(13-11-24)20(26)18-3-2-14-27-18/h2-5,14-15,22H,6-13,16H2,1H3. The van der Waals surface area contributed by atoms with Crippen LogP contribution < -0.4 is 5.32 Å². The summed E-state index contributed by atoms with van der Waals surface area (Å²) in [6, 6.07) is 7.88. The van der Waals surface area contributed by atoms with Crippen LogP contribution in [0.3, 0.4) is 0 Å². The SMILES string of the molecule is Cc1ccc(C2(CN3CCN(C(=O)c4ccco4)CC3)CCNCC2)nc1. The van der Waals surface area contributed by atoms with Crippen LogP contribution in [-0.2, 0) is 5.41 Å². The third-order valence-electron chi connectivity index (χ3n) is 5.93. The summed E-state index contributed by atoms with van der Waals surface area (Å²) in [5.74, 6) is 0.429. The van der Waals surface area contributed by atoms with Crippen LogP contribution in [0.1, 0.15) is 34.7 Å². The number of piperazine rings is 1. The van der Waals surface area contributed by atoms with E-state index in [1.54, 1.807) is 18.4 Å². The molecule has 2 saturated heterocycles. The molecule has 1 amide bonds. The van der Waals surface area contributed by atoms with Crippen molar-refractivity contribution in [2.45, 2.75) is 25.2 Å². The van der Waals surface area contributed by atoms with Gasteiger partial charge < -0.3 is 14.6 Å². The van der Waals surface area contributed by atoms with E-state index in [4.69, 9.17) is 9.40 Å². The molecule has 0 bridgehead atoms. The minimum Gasteiger partial charge on any atom is -0.459 e. The Kier molecular flexibility index (Phi) is 5.27. The molecule has 6 heteroatoms. The van der Waals surface area contributed by atoms with E-state index in [0.717, 1.165) is 58.7 Å². The molecule has 0 saturated carbocycles. The molecule has 2 aliphatic heterocycles. The number of nitrogens with zero attached hydrogens (tertiary/aromatic N) is 3. The van der Waals surface area contributed by atoms with Gasteiger partial charge in [-0.2, -0.15) is 0 Å². The van der Waals surface area contributed by atoms with Crippen LogP contribution in [0.2, 0.25) is 0 Å². The van der Waals surface area contributed by atoms with Crippen LogP contribution in [0.25, 0.3) is 0 Å². The van der Waals surface area contributed by atoms with Crippen molar-refractivity contribution in [2.75, 3.05) is 45.8 Å². The summed E-state index contributed by atoms with van der Waals surface area (Å²) >= 11 is 0. The number of aromatic nitrogens is 1. The molecule has 0 aliphatic carbocycles. The van der Waals surface area contributed by atoms with Gasteiger partial charge in [-0.05, 0) is 56.6 Å². The van der Waals surface area contributed by atoms with Gasteiger partial charge in [-0.15, -0.1) is 0 Å². The first-order valence-corrected chi connectivity index (χ1v) is 9.85. The average Bonchev–Trinajstić information content (AvgIpc) is 3.24. The van der Waals surface area contributed by atoms with Crippen LogP contribution in [0.5, 0.6) is 0 Å². The normalized spacial score (nSPS) is 20.6. The molecule has 2 aromatic heterocycles. The van der Waals surface area contributed by atoms with E-state index in [1.165, 1.54) is 11.3 Å². The van der Waals surface area contributed by atoms with Crippen molar-refractivity contribution in [3.8, 4) is 0 Å². The summed E-state index contributed by atoms with van der Waals surface area (Å²) in [6.45, 7) is 8.44. The maximum Gasteiger partial charge on any atom is 0.289 e. The van der Waals surface area contributed by atoms with Crippen molar-refractivity contribution in [2.24, 2.45) is 0 Å². The highest BCUT2D eigenvalue weighted by Gasteiger charge is 2.38. The molecular weight excluding hydrogens is 340 g/mol. The van der Waals surface area contributed by atoms with E-state index < -0.39 is 0 Å². The van der Waals surface area contributed by atoms with E-state index in [1.807, 2.05) is 11.1 Å². The first-order valence-electron chi connectivity index (χ1n) is 9.85. The number of carbonyl (C=O) groups is 1. The summed E-state index contributed by atoms with van der Waals surface area (Å²) in [5.41, 5.74) is 2.52. The van der Waals surface area contributed by atoms with Gasteiger partial charge in [0.05, 0.1) is 6.26 Å². The molecule has 27 heavy (non-hydrogen) atoms. The minimum atomic E-state index is -0.00330. The van der Waals surface area contributed by atoms with E-state index in [0.29, 0.717) is 5.76 Å². The fourth-order valence-electron chi connectivity index (χ4n) is 4.28. The first kappa shape index (κ1) is 18.2. The molecule has 2 fully saturated rings. The number of rotatable bonds is 4. The van der Waals surface area contributed by atoms with Crippen molar-refractivity contribution in [1.29, 1.82) is 0 Å². The number of piperidine rings is 1. The van der Waals surface area contributed by atoms with Crippen LogP contribution in [0.4, 0.5) is 0 Å². The van der Waals surface area contributed by atoms with E-state index >= 15 is 0 Å². The lowest BCUT2D eigenvalue weighted by Crippen LogP contribution is -2.54. The van der Waals surface area contributed by atoms with Crippen LogP contribution in [0, 0.1) is 6.92 Å². The molecule has 0 radical (unpaired) electrons. The molecule has 0 atom stereocenters. The van der Waals surface area contributed by atoms with Gasteiger partial charge in [0.2, 0.25) is 0 Å². The zero-order valence-corrected chi connectivity index (χ0v) is 16.0. The van der Waals surface area contributed by atoms with Crippen molar-refractivity contribution < 1.29 is 9.21 Å². The fraction of sp³-hybridized carbons (Fsp3) is 0.524. The Morgan fingerprint density at radius 2 is 1.96 bits per heavy atom. The third-order valence-corrected chi connectivity index (χ3v) is 5.93. The first-order chi connectivity index (χ1) is 13.2. The van der Waals surface area contributed by atoms with Crippen molar-refractivity contribution in [3.63, 3.8) is 0 Å². The monoisotopic (exact) mass is 368 g/mol. The van der Waals surface area contributed by atoms with Crippen LogP contribution in [0.15, 0.2) is 41.1 Å². The molecule has 0 aromatic carbocycles. The maximum absolute atomic E-state index is 12.5. The fourth-order valence-corrected chi connectivity index (χ4v) is 4.28. The van der Waals surface area contributed by atoms with Crippen LogP contribution in [-0.4, -0.2) is 66.5 Å². The molecular formula is C21H28N4O2. The summed E-state index contributed by atoms with van der Waals surface area (Å²) in [5, 5.41) is 3.49. The highest BCUT2D eigenvalue weighted by atomic mass is 16.3. The summed E-state index contributed by atoms with van der Waals surface area (Å²) in [4.78, 5) is 21.7. The number of amides is 1. The predicted molar refractivity (Wildman–Crippen MR) is 104 cm³/mol. The van der Waals surface area contributed by atoms with Gasteiger partial charge in [-0.3, -0.25) is 14.7 Å². The van der Waals surface area contributed by atoms with E-state index in [-0.39, 0.29) is 11.3 Å². The molecule has 4 rings (SSSR count). The maximum atomic E-state index is 12.5. The lowest BCUT2D eigenvalue weighted by Gasteiger charge is -2.43. The lowest BCUT2D eigenvalue weighted by molar-refractivity contribution is 0.0556. The Morgan fingerprint density at radius 1 is 1.19 bits per heavy atom. The summed E-state index contributed by atoms with van der Waals surface area (Å²) < 4.78 is 5.26. The Hall–Kier alpha value is -2.18. The number of hydrogen-bond acceptors (Lipinski definition) is 5. The Bertz CT molecular complexity index is 743. The molecule has 0 unspecified atom stereocenters. The van der Waals surface area contributed by atoms with E-state index in [9.17, 15) is 4.79 Å². The van der Waals surface area contributed by atoms with Crippen molar-refractivity contribution in [1.82, 2.24) is 20.1 Å². The summed E-state index contributed by atoms with van der Waals surface area (Å²) in [6.07, 6.45) is 5.75. The predicted octanol–water partition coefficient (Wildman–Crippen LogP) is 2.06. The Balaban J connectivity index is 1.42. The zero-order chi connectivity index (χ0) is 18.7. The Morgan fingerprint density at radius 3 is 2.59 bits per heavy atom. The Labute approximate surface area is 160 Å². The molecule has 4 heterocycles. The molecule has 1 N–H and O–H groups in total. The second-order valence-electron chi connectivity index (χ2n) is 7.80.